The van der Waals surface area contributed by atoms with Crippen molar-refractivity contribution in [2.45, 2.75) is 26.0 Å². The van der Waals surface area contributed by atoms with Gasteiger partial charge in [0.05, 0.1) is 19.2 Å². The summed E-state index contributed by atoms with van der Waals surface area (Å²) in [4.78, 5) is 33.8. The van der Waals surface area contributed by atoms with Gasteiger partial charge in [0.15, 0.2) is 0 Å². The fourth-order valence-electron chi connectivity index (χ4n) is 4.17. The number of aromatic nitrogens is 1. The highest BCUT2D eigenvalue weighted by atomic mass is 19.1. The molecule has 2 N–H and O–H groups in total. The molecule has 40 heavy (non-hydrogen) atoms. The molecule has 1 aliphatic rings. The van der Waals surface area contributed by atoms with E-state index in [-0.39, 0.29) is 51.6 Å². The third kappa shape index (κ3) is 6.93. The standard InChI is InChI=1S/C30H30F2N4O4.2H2/c1-19-16-36(20(2)18-37)29(38)26-14-22(5-4-21-6-8-23(31)9-7-21)15-33-28(26)40-27(19)17-35(3)30(39)34-25-12-10-24(32)11-13-25;;/h6-15,19-20,27,37H,16-18H2,1-3H3,(H,34,39);2*1H/t19-,20-,27-;;/m0../s1. The van der Waals surface area contributed by atoms with E-state index < -0.39 is 24.0 Å². The molecule has 0 radical (unpaired) electrons. The van der Waals surface area contributed by atoms with Crippen LogP contribution in [-0.2, 0) is 0 Å². The fourth-order valence-corrected chi connectivity index (χ4v) is 4.17. The predicted molar refractivity (Wildman–Crippen MR) is 150 cm³/mol. The lowest BCUT2D eigenvalue weighted by molar-refractivity contribution is 0.0356. The summed E-state index contributed by atoms with van der Waals surface area (Å²) in [5.74, 6) is 4.60. The van der Waals surface area contributed by atoms with Gasteiger partial charge in [-0.2, -0.15) is 0 Å². The van der Waals surface area contributed by atoms with E-state index in [4.69, 9.17) is 4.74 Å². The molecule has 3 atom stereocenters. The zero-order valence-electron chi connectivity index (χ0n) is 22.4. The lowest BCUT2D eigenvalue weighted by Crippen LogP contribution is -2.50. The second-order valence-corrected chi connectivity index (χ2v) is 9.77. The molecule has 8 nitrogen and oxygen atoms in total. The molecule has 0 spiro atoms. The summed E-state index contributed by atoms with van der Waals surface area (Å²) in [5.41, 5.74) is 1.68. The van der Waals surface area contributed by atoms with Gasteiger partial charge < -0.3 is 25.0 Å². The van der Waals surface area contributed by atoms with E-state index >= 15 is 0 Å². The van der Waals surface area contributed by atoms with Crippen molar-refractivity contribution in [3.8, 4) is 17.7 Å². The number of rotatable bonds is 5. The average molecular weight is 553 g/mol. The smallest absolute Gasteiger partial charge is 0.321 e. The number of hydrogen-bond acceptors (Lipinski definition) is 5. The van der Waals surface area contributed by atoms with Gasteiger partial charge in [-0.05, 0) is 61.5 Å². The van der Waals surface area contributed by atoms with E-state index in [0.29, 0.717) is 16.8 Å². The van der Waals surface area contributed by atoms with Gasteiger partial charge >= 0.3 is 6.03 Å². The minimum absolute atomic E-state index is 0. The average Bonchev–Trinajstić information content (AvgIpc) is 2.95. The van der Waals surface area contributed by atoms with E-state index in [9.17, 15) is 23.5 Å². The summed E-state index contributed by atoms with van der Waals surface area (Å²) in [5, 5.41) is 12.6. The molecule has 0 aliphatic carbocycles. The van der Waals surface area contributed by atoms with E-state index in [1.54, 1.807) is 37.1 Å². The minimum atomic E-state index is -0.548. The van der Waals surface area contributed by atoms with Crippen molar-refractivity contribution >= 4 is 17.6 Å². The van der Waals surface area contributed by atoms with Crippen molar-refractivity contribution in [2.24, 2.45) is 5.92 Å². The summed E-state index contributed by atoms with van der Waals surface area (Å²) >= 11 is 0. The third-order valence-corrected chi connectivity index (χ3v) is 6.61. The van der Waals surface area contributed by atoms with Gasteiger partial charge in [0.2, 0.25) is 5.88 Å². The van der Waals surface area contributed by atoms with Crippen LogP contribution in [0.5, 0.6) is 5.88 Å². The Hall–Kier alpha value is -4.49. The van der Waals surface area contributed by atoms with Crippen LogP contribution in [0.15, 0.2) is 60.8 Å². The topological polar surface area (TPSA) is 95.0 Å². The van der Waals surface area contributed by atoms with Gasteiger partial charge in [0.1, 0.15) is 23.3 Å². The lowest BCUT2D eigenvalue weighted by atomic mass is 10.00. The lowest BCUT2D eigenvalue weighted by Gasteiger charge is -2.37. The molecular weight excluding hydrogens is 518 g/mol. The van der Waals surface area contributed by atoms with Crippen LogP contribution in [0.1, 0.15) is 38.2 Å². The molecule has 0 fully saturated rings. The highest BCUT2D eigenvalue weighted by Crippen LogP contribution is 2.27. The maximum Gasteiger partial charge on any atom is 0.321 e. The number of aliphatic hydroxyl groups excluding tert-OH is 1. The number of carbonyl (C=O) groups excluding carboxylic acids is 2. The van der Waals surface area contributed by atoms with Crippen molar-refractivity contribution < 1.29 is 31.1 Å². The molecule has 3 aromatic rings. The number of amides is 3. The summed E-state index contributed by atoms with van der Waals surface area (Å²) in [6.45, 7) is 3.83. The second kappa shape index (κ2) is 12.6. The number of halogens is 2. The molecule has 2 heterocycles. The van der Waals surface area contributed by atoms with Crippen LogP contribution >= 0.6 is 0 Å². The molecule has 2 aromatic carbocycles. The number of benzene rings is 2. The Morgan fingerprint density at radius 1 is 1.18 bits per heavy atom. The van der Waals surface area contributed by atoms with Gasteiger partial charge in [-0.1, -0.05) is 18.8 Å². The third-order valence-electron chi connectivity index (χ3n) is 6.61. The van der Waals surface area contributed by atoms with E-state index in [1.165, 1.54) is 47.5 Å². The normalized spacial score (nSPS) is 17.4. The van der Waals surface area contributed by atoms with Crippen LogP contribution in [0.2, 0.25) is 0 Å². The van der Waals surface area contributed by atoms with Gasteiger partial charge in [-0.25, -0.2) is 18.6 Å². The summed E-state index contributed by atoms with van der Waals surface area (Å²) in [6, 6.07) is 11.9. The Labute approximate surface area is 234 Å². The number of fused-ring (bicyclic) bond motifs is 1. The highest BCUT2D eigenvalue weighted by molar-refractivity contribution is 5.97. The Morgan fingerprint density at radius 3 is 2.45 bits per heavy atom. The van der Waals surface area contributed by atoms with Crippen molar-refractivity contribution in [1.29, 1.82) is 0 Å². The van der Waals surface area contributed by atoms with E-state index in [1.807, 2.05) is 6.92 Å². The van der Waals surface area contributed by atoms with Gasteiger partial charge in [-0.3, -0.25) is 4.79 Å². The first-order chi connectivity index (χ1) is 19.1. The molecule has 1 aromatic heterocycles. The Morgan fingerprint density at radius 2 is 1.80 bits per heavy atom. The first-order valence-electron chi connectivity index (χ1n) is 12.8. The number of urea groups is 1. The Balaban J connectivity index is 0.00000308. The number of ether oxygens (including phenoxy) is 1. The first-order valence-corrected chi connectivity index (χ1v) is 12.8. The van der Waals surface area contributed by atoms with Crippen LogP contribution in [0.25, 0.3) is 0 Å². The molecule has 0 unspecified atom stereocenters. The van der Waals surface area contributed by atoms with Crippen molar-refractivity contribution in [1.82, 2.24) is 14.8 Å². The van der Waals surface area contributed by atoms with Gasteiger partial charge in [-0.15, -0.1) is 0 Å². The SMILES string of the molecule is C[C@H]1CN([C@@H](C)CO)C(=O)c2cc(C#Cc3ccc(F)cc3)cnc2O[C@H]1CN(C)C(=O)Nc1ccc(F)cc1.[HH].[HH]. The number of hydrogen-bond donors (Lipinski definition) is 2. The zero-order valence-corrected chi connectivity index (χ0v) is 22.4. The van der Waals surface area contributed by atoms with Crippen LogP contribution in [0.3, 0.4) is 0 Å². The zero-order chi connectivity index (χ0) is 28.8. The quantitative estimate of drug-likeness (QED) is 0.450. The highest BCUT2D eigenvalue weighted by Gasteiger charge is 2.34. The predicted octanol–water partition coefficient (Wildman–Crippen LogP) is 4.64. The number of nitrogens with zero attached hydrogens (tertiary/aromatic N) is 3. The summed E-state index contributed by atoms with van der Waals surface area (Å²) in [6.07, 6.45) is 0.935. The van der Waals surface area contributed by atoms with Crippen LogP contribution in [0.4, 0.5) is 19.3 Å². The number of carbonyl (C=O) groups is 2. The maximum atomic E-state index is 13.6. The molecule has 212 valence electrons. The molecule has 0 saturated carbocycles. The molecular formula is C30H34F2N4O4. The molecule has 1 aliphatic heterocycles. The van der Waals surface area contributed by atoms with E-state index in [2.05, 4.69) is 22.1 Å². The van der Waals surface area contributed by atoms with Crippen molar-refractivity contribution in [3.05, 3.63) is 89.1 Å². The minimum Gasteiger partial charge on any atom is -0.472 e. The number of nitrogens with one attached hydrogen (secondary N) is 1. The number of anilines is 1. The fraction of sp³-hybridized carbons (Fsp3) is 0.300. The largest absolute Gasteiger partial charge is 0.472 e. The van der Waals surface area contributed by atoms with Gasteiger partial charge in [0, 0.05) is 45.4 Å². The Bertz CT molecular complexity index is 1430. The van der Waals surface area contributed by atoms with Crippen LogP contribution < -0.4 is 10.1 Å². The molecule has 10 heteroatoms. The molecule has 4 rings (SSSR count). The molecule has 0 saturated heterocycles. The summed E-state index contributed by atoms with van der Waals surface area (Å²) in [7, 11) is 1.61. The summed E-state index contributed by atoms with van der Waals surface area (Å²) < 4.78 is 32.6. The van der Waals surface area contributed by atoms with Crippen LogP contribution in [-0.4, -0.2) is 70.7 Å². The van der Waals surface area contributed by atoms with Crippen molar-refractivity contribution in [2.75, 3.05) is 32.1 Å². The first kappa shape index (κ1) is 28.5. The molecule has 0 bridgehead atoms. The van der Waals surface area contributed by atoms with Gasteiger partial charge in [0.25, 0.3) is 5.91 Å². The van der Waals surface area contributed by atoms with E-state index in [0.717, 1.165) is 0 Å². The second-order valence-electron chi connectivity index (χ2n) is 9.77. The molecule has 3 amide bonds. The van der Waals surface area contributed by atoms with Crippen molar-refractivity contribution in [3.63, 3.8) is 0 Å². The number of aliphatic hydroxyl groups is 1. The maximum absolute atomic E-state index is 13.6. The Kier molecular flexibility index (Phi) is 8.97. The monoisotopic (exact) mass is 552 g/mol. The number of pyridine rings is 1. The number of likely N-dealkylation sites (N-methyl/N-ethyl adjacent to an activating group) is 1. The van der Waals surface area contributed by atoms with Crippen LogP contribution in [0, 0.1) is 29.4 Å².